The van der Waals surface area contributed by atoms with Crippen LogP contribution in [0.5, 0.6) is 0 Å². The lowest BCUT2D eigenvalue weighted by Crippen LogP contribution is -2.92. The van der Waals surface area contributed by atoms with Gasteiger partial charge in [-0.3, -0.25) is 0 Å². The van der Waals surface area contributed by atoms with E-state index >= 15 is 0 Å². The summed E-state index contributed by atoms with van der Waals surface area (Å²) in [5.41, 5.74) is 13.3. The Kier molecular flexibility index (Phi) is 4.05. The molecule has 1 radical (unpaired) electrons. The normalized spacial score (nSPS) is 40.4. The van der Waals surface area contributed by atoms with Crippen molar-refractivity contribution in [2.24, 2.45) is 31.4 Å². The molecule has 1 saturated heterocycles. The van der Waals surface area contributed by atoms with E-state index in [1.807, 2.05) is 0 Å². The summed E-state index contributed by atoms with van der Waals surface area (Å²) >= 11 is 0. The first-order valence-corrected chi connectivity index (χ1v) is 10.0. The fourth-order valence-electron chi connectivity index (χ4n) is 5.30. The molecule has 0 bridgehead atoms. The van der Waals surface area contributed by atoms with Gasteiger partial charge in [0.2, 0.25) is 0 Å². The molecule has 28 heavy (non-hydrogen) atoms. The lowest BCUT2D eigenvalue weighted by atomic mass is 10.1. The highest BCUT2D eigenvalue weighted by atomic mass is 15.8. The van der Waals surface area contributed by atoms with E-state index in [0.717, 1.165) is 44.6 Å². The maximum atomic E-state index is 6.64. The molecule has 0 amide bonds. The monoisotopic (exact) mass is 389 g/mol. The number of nitrogens with zero attached hydrogens (tertiary/aromatic N) is 7. The van der Waals surface area contributed by atoms with Gasteiger partial charge >= 0.3 is 29.6 Å². The predicted molar refractivity (Wildman–Crippen MR) is 106 cm³/mol. The molecule has 0 aromatic carbocycles. The molecule has 12 nitrogen and oxygen atoms in total. The maximum Gasteiger partial charge on any atom is 0.343 e. The zero-order chi connectivity index (χ0) is 19.2. The summed E-state index contributed by atoms with van der Waals surface area (Å²) in [7, 11) is 0. The molecular weight excluding hydrogens is 360 g/mol. The number of nitrogens with one attached hydrogen (secondary N) is 3. The minimum Gasteiger partial charge on any atom is -0.337 e. The van der Waals surface area contributed by atoms with Crippen molar-refractivity contribution in [2.75, 3.05) is 72.0 Å². The Morgan fingerprint density at radius 2 is 1.29 bits per heavy atom. The van der Waals surface area contributed by atoms with Gasteiger partial charge in [0, 0.05) is 26.2 Å². The smallest absolute Gasteiger partial charge is 0.337 e. The second-order valence-electron chi connectivity index (χ2n) is 7.64. The number of rotatable bonds is 2. The van der Waals surface area contributed by atoms with Crippen LogP contribution >= 0.6 is 0 Å². The van der Waals surface area contributed by atoms with Gasteiger partial charge in [0.05, 0.1) is 26.2 Å². The summed E-state index contributed by atoms with van der Waals surface area (Å²) in [5, 5.41) is 15.8. The Balaban J connectivity index is 1.77. The van der Waals surface area contributed by atoms with Gasteiger partial charge in [0.25, 0.3) is 0 Å². The van der Waals surface area contributed by atoms with E-state index in [0.29, 0.717) is 51.2 Å². The van der Waals surface area contributed by atoms with Crippen LogP contribution in [0.1, 0.15) is 0 Å². The standard InChI is InChI=1S/C16H29N12/c17-12-20-7-9-27(12,14-22-2-3-23-14)16(11-19-1-6-26-16)28(10-8-21-13(28)18)15-24-4-5-25-15/h19H,1-11H2,(H2,17,20)(H2,18,21)(H,22,23)(H,24,25)/q+2. The lowest BCUT2D eigenvalue weighted by Gasteiger charge is -2.54. The number of quaternary nitrogens is 2. The Morgan fingerprint density at radius 3 is 1.64 bits per heavy atom. The highest BCUT2D eigenvalue weighted by molar-refractivity contribution is 5.93. The van der Waals surface area contributed by atoms with E-state index in [9.17, 15) is 0 Å². The molecule has 0 spiro atoms. The van der Waals surface area contributed by atoms with Crippen molar-refractivity contribution in [3.8, 4) is 0 Å². The summed E-state index contributed by atoms with van der Waals surface area (Å²) in [6.45, 7) is 7.68. The topological polar surface area (TPSA) is 152 Å². The Hall–Kier alpha value is -2.28. The Labute approximate surface area is 164 Å². The fraction of sp³-hybridized carbons (Fsp3) is 0.750. The Bertz CT molecular complexity index is 720. The highest BCUT2D eigenvalue weighted by Gasteiger charge is 2.77. The largest absolute Gasteiger partial charge is 0.343 e. The first-order chi connectivity index (χ1) is 13.7. The van der Waals surface area contributed by atoms with Gasteiger partial charge in [-0.25, -0.2) is 20.0 Å². The van der Waals surface area contributed by atoms with Crippen LogP contribution < -0.4 is 32.7 Å². The molecule has 5 aliphatic rings. The summed E-state index contributed by atoms with van der Waals surface area (Å²) in [6, 6.07) is 0. The third-order valence-corrected chi connectivity index (χ3v) is 6.48. The van der Waals surface area contributed by atoms with Crippen molar-refractivity contribution in [1.82, 2.24) is 21.3 Å². The summed E-state index contributed by atoms with van der Waals surface area (Å²) < 4.78 is 0.494. The average Bonchev–Trinajstić information content (AvgIpc) is 3.50. The molecule has 7 N–H and O–H groups in total. The van der Waals surface area contributed by atoms with Crippen molar-refractivity contribution in [3.63, 3.8) is 0 Å². The molecule has 0 aliphatic carbocycles. The number of nitrogens with two attached hydrogens (primary N) is 2. The summed E-state index contributed by atoms with van der Waals surface area (Å²) in [4.78, 5) is 18.8. The SMILES string of the molecule is NC1=NCC[N+]1(C1=NCCN1)C1([N+]2(C3=NCCN3)CCN=C2N)CNCC[N]1. The van der Waals surface area contributed by atoms with Crippen molar-refractivity contribution < 1.29 is 8.97 Å². The molecule has 1 fully saturated rings. The third-order valence-electron chi connectivity index (χ3n) is 6.48. The first-order valence-electron chi connectivity index (χ1n) is 10.0. The predicted octanol–water partition coefficient (Wildman–Crippen LogP) is -3.94. The first kappa shape index (κ1) is 17.8. The summed E-state index contributed by atoms with van der Waals surface area (Å²) in [5.74, 6) is 1.88. The van der Waals surface area contributed by atoms with Crippen LogP contribution in [-0.2, 0) is 0 Å². The number of piperazine rings is 1. The van der Waals surface area contributed by atoms with Crippen LogP contribution in [-0.4, -0.2) is 111 Å². The molecule has 0 aromatic rings. The lowest BCUT2D eigenvalue weighted by molar-refractivity contribution is -1.02. The van der Waals surface area contributed by atoms with Crippen molar-refractivity contribution in [3.05, 3.63) is 0 Å². The molecular formula is C16H29N12+2. The molecule has 151 valence electrons. The summed E-state index contributed by atoms with van der Waals surface area (Å²) in [6.07, 6.45) is 0. The second-order valence-corrected chi connectivity index (χ2v) is 7.64. The number of hydrogen-bond acceptors (Lipinski definition) is 9. The molecule has 0 aromatic heterocycles. The van der Waals surface area contributed by atoms with E-state index in [-0.39, 0.29) is 8.97 Å². The van der Waals surface area contributed by atoms with Crippen LogP contribution in [0.2, 0.25) is 0 Å². The van der Waals surface area contributed by atoms with E-state index < -0.39 is 5.79 Å². The van der Waals surface area contributed by atoms with Crippen LogP contribution in [0, 0.1) is 0 Å². The second kappa shape index (κ2) is 6.37. The number of guanidine groups is 4. The van der Waals surface area contributed by atoms with Gasteiger partial charge in [0.1, 0.15) is 19.6 Å². The van der Waals surface area contributed by atoms with Gasteiger partial charge in [0.15, 0.2) is 0 Å². The van der Waals surface area contributed by atoms with Crippen molar-refractivity contribution in [2.45, 2.75) is 5.79 Å². The maximum absolute atomic E-state index is 6.64. The zero-order valence-electron chi connectivity index (χ0n) is 16.1. The fourth-order valence-corrected chi connectivity index (χ4v) is 5.30. The van der Waals surface area contributed by atoms with Crippen LogP contribution in [0.4, 0.5) is 0 Å². The molecule has 5 rings (SSSR count). The average molecular weight is 389 g/mol. The molecule has 5 aliphatic heterocycles. The van der Waals surface area contributed by atoms with Crippen molar-refractivity contribution >= 4 is 23.8 Å². The van der Waals surface area contributed by atoms with Crippen LogP contribution in [0.25, 0.3) is 0 Å². The van der Waals surface area contributed by atoms with Gasteiger partial charge in [-0.05, 0) is 0 Å². The minimum absolute atomic E-state index is 0.247. The van der Waals surface area contributed by atoms with Crippen LogP contribution in [0.15, 0.2) is 20.0 Å². The quantitative estimate of drug-likeness (QED) is 0.305. The molecule has 5 heterocycles. The van der Waals surface area contributed by atoms with Gasteiger partial charge in [-0.15, -0.1) is 14.3 Å². The number of aliphatic imine (C=N–C) groups is 4. The molecule has 12 heteroatoms. The van der Waals surface area contributed by atoms with Gasteiger partial charge < -0.3 is 27.4 Å². The number of hydrogen-bond donors (Lipinski definition) is 5. The third kappa shape index (κ3) is 2.03. The highest BCUT2D eigenvalue weighted by Crippen LogP contribution is 2.40. The van der Waals surface area contributed by atoms with Gasteiger partial charge in [-0.1, -0.05) is 0 Å². The van der Waals surface area contributed by atoms with Gasteiger partial charge in [-0.2, -0.15) is 0 Å². The van der Waals surface area contributed by atoms with E-state index in [2.05, 4.69) is 25.9 Å². The van der Waals surface area contributed by atoms with Crippen LogP contribution in [0.3, 0.4) is 0 Å². The zero-order valence-corrected chi connectivity index (χ0v) is 16.1. The minimum atomic E-state index is -0.807. The van der Waals surface area contributed by atoms with Crippen molar-refractivity contribution in [1.29, 1.82) is 0 Å². The molecule has 0 saturated carbocycles. The van der Waals surface area contributed by atoms with E-state index in [1.54, 1.807) is 0 Å². The van der Waals surface area contributed by atoms with E-state index in [4.69, 9.17) is 26.8 Å². The molecule has 2 unspecified atom stereocenters. The molecule has 2 atom stereocenters. The van der Waals surface area contributed by atoms with E-state index in [1.165, 1.54) is 0 Å². The Morgan fingerprint density at radius 1 is 0.714 bits per heavy atom.